The topological polar surface area (TPSA) is 60.9 Å². The lowest BCUT2D eigenvalue weighted by Crippen LogP contribution is -2.48. The summed E-state index contributed by atoms with van der Waals surface area (Å²) < 4.78 is 0. The van der Waals surface area contributed by atoms with E-state index in [-0.39, 0.29) is 18.5 Å². The molecule has 5 nitrogen and oxygen atoms in total. The summed E-state index contributed by atoms with van der Waals surface area (Å²) in [5, 5.41) is 8.75. The number of carboxylic acids is 1. The highest BCUT2D eigenvalue weighted by molar-refractivity contribution is 5.84. The fourth-order valence-electron chi connectivity index (χ4n) is 2.60. The summed E-state index contributed by atoms with van der Waals surface area (Å²) in [6, 6.07) is 7.94. The standard InChI is InChI=1S/C15H20N2O3/c1-11(15(20)16(2)10-14(18)19)17-8-7-12-5-3-4-6-13(12)9-17/h3-6,11H,7-10H2,1-2H3,(H,18,19). The predicted octanol–water partition coefficient (Wildman–Crippen LogP) is 0.976. The predicted molar refractivity (Wildman–Crippen MR) is 75.3 cm³/mol. The zero-order valence-electron chi connectivity index (χ0n) is 11.9. The molecule has 1 aromatic carbocycles. The Hall–Kier alpha value is -1.88. The number of hydrogen-bond donors (Lipinski definition) is 1. The smallest absolute Gasteiger partial charge is 0.323 e. The number of hydrogen-bond acceptors (Lipinski definition) is 3. The van der Waals surface area contributed by atoms with Crippen LogP contribution < -0.4 is 0 Å². The minimum atomic E-state index is -0.989. The van der Waals surface area contributed by atoms with Gasteiger partial charge in [0.05, 0.1) is 6.04 Å². The lowest BCUT2D eigenvalue weighted by Gasteiger charge is -2.34. The van der Waals surface area contributed by atoms with Crippen LogP contribution in [-0.4, -0.2) is 53.0 Å². The van der Waals surface area contributed by atoms with Gasteiger partial charge in [0.2, 0.25) is 5.91 Å². The Bertz CT molecular complexity index is 516. The Morgan fingerprint density at radius 3 is 2.65 bits per heavy atom. The van der Waals surface area contributed by atoms with Gasteiger partial charge in [-0.3, -0.25) is 14.5 Å². The fraction of sp³-hybridized carbons (Fsp3) is 0.467. The molecule has 0 fully saturated rings. The summed E-state index contributed by atoms with van der Waals surface area (Å²) >= 11 is 0. The van der Waals surface area contributed by atoms with Crippen molar-refractivity contribution < 1.29 is 14.7 Å². The first-order valence-electron chi connectivity index (χ1n) is 6.76. The highest BCUT2D eigenvalue weighted by Gasteiger charge is 2.27. The monoisotopic (exact) mass is 276 g/mol. The minimum Gasteiger partial charge on any atom is -0.480 e. The molecule has 1 aliphatic heterocycles. The normalized spacial score (nSPS) is 16.3. The van der Waals surface area contributed by atoms with Crippen molar-refractivity contribution in [2.24, 2.45) is 0 Å². The average Bonchev–Trinajstić information content (AvgIpc) is 2.44. The van der Waals surface area contributed by atoms with Gasteiger partial charge in [-0.2, -0.15) is 0 Å². The van der Waals surface area contributed by atoms with Gasteiger partial charge in [0, 0.05) is 20.1 Å². The van der Waals surface area contributed by atoms with E-state index in [1.165, 1.54) is 23.1 Å². The van der Waals surface area contributed by atoms with E-state index in [9.17, 15) is 9.59 Å². The molecule has 0 radical (unpaired) electrons. The third-order valence-electron chi connectivity index (χ3n) is 3.81. The summed E-state index contributed by atoms with van der Waals surface area (Å²) in [5.74, 6) is -1.14. The summed E-state index contributed by atoms with van der Waals surface area (Å²) in [4.78, 5) is 26.3. The molecule has 2 rings (SSSR count). The van der Waals surface area contributed by atoms with Crippen LogP contribution >= 0.6 is 0 Å². The van der Waals surface area contributed by atoms with Crippen LogP contribution in [0.1, 0.15) is 18.1 Å². The summed E-state index contributed by atoms with van der Waals surface area (Å²) in [7, 11) is 1.53. The molecule has 0 saturated heterocycles. The number of amides is 1. The van der Waals surface area contributed by atoms with Gasteiger partial charge in [0.1, 0.15) is 6.54 Å². The van der Waals surface area contributed by atoms with Gasteiger partial charge in [-0.05, 0) is 24.5 Å². The Morgan fingerprint density at radius 2 is 2.00 bits per heavy atom. The van der Waals surface area contributed by atoms with Crippen LogP contribution in [0.15, 0.2) is 24.3 Å². The molecule has 1 amide bonds. The molecule has 108 valence electrons. The second-order valence-corrected chi connectivity index (χ2v) is 5.25. The first-order valence-corrected chi connectivity index (χ1v) is 6.76. The number of carbonyl (C=O) groups excluding carboxylic acids is 1. The maximum absolute atomic E-state index is 12.2. The van der Waals surface area contributed by atoms with Crippen LogP contribution in [0.2, 0.25) is 0 Å². The first-order chi connectivity index (χ1) is 9.49. The first kappa shape index (κ1) is 14.5. The Kier molecular flexibility index (Phi) is 4.39. The molecule has 0 saturated carbocycles. The summed E-state index contributed by atoms with van der Waals surface area (Å²) in [6.45, 7) is 3.15. The molecule has 1 aromatic rings. The van der Waals surface area contributed by atoms with Gasteiger partial charge >= 0.3 is 5.97 Å². The molecule has 0 aliphatic carbocycles. The maximum Gasteiger partial charge on any atom is 0.323 e. The lowest BCUT2D eigenvalue weighted by atomic mass is 9.98. The average molecular weight is 276 g/mol. The molecule has 0 spiro atoms. The van der Waals surface area contributed by atoms with E-state index in [2.05, 4.69) is 17.0 Å². The van der Waals surface area contributed by atoms with Gasteiger partial charge in [0.25, 0.3) is 0 Å². The van der Waals surface area contributed by atoms with Crippen LogP contribution in [0.4, 0.5) is 0 Å². The molecule has 1 N–H and O–H groups in total. The summed E-state index contributed by atoms with van der Waals surface area (Å²) in [5.41, 5.74) is 2.58. The van der Waals surface area contributed by atoms with Gasteiger partial charge < -0.3 is 10.0 Å². The zero-order valence-corrected chi connectivity index (χ0v) is 11.9. The van der Waals surface area contributed by atoms with E-state index in [1.54, 1.807) is 0 Å². The van der Waals surface area contributed by atoms with Crippen LogP contribution in [0.25, 0.3) is 0 Å². The molecular weight excluding hydrogens is 256 g/mol. The molecule has 0 bridgehead atoms. The largest absolute Gasteiger partial charge is 0.480 e. The van der Waals surface area contributed by atoms with E-state index in [0.717, 1.165) is 19.5 Å². The van der Waals surface area contributed by atoms with Crippen molar-refractivity contribution in [1.82, 2.24) is 9.80 Å². The third kappa shape index (κ3) is 3.17. The van der Waals surface area contributed by atoms with Gasteiger partial charge in [-0.25, -0.2) is 0 Å². The van der Waals surface area contributed by atoms with Gasteiger partial charge in [-0.15, -0.1) is 0 Å². The van der Waals surface area contributed by atoms with E-state index in [4.69, 9.17) is 5.11 Å². The highest BCUT2D eigenvalue weighted by atomic mass is 16.4. The molecule has 1 unspecified atom stereocenters. The van der Waals surface area contributed by atoms with Gasteiger partial charge in [-0.1, -0.05) is 24.3 Å². The molecule has 0 aromatic heterocycles. The Morgan fingerprint density at radius 1 is 1.35 bits per heavy atom. The number of benzene rings is 1. The lowest BCUT2D eigenvalue weighted by molar-refractivity contribution is -0.145. The highest BCUT2D eigenvalue weighted by Crippen LogP contribution is 2.20. The van der Waals surface area contributed by atoms with Crippen molar-refractivity contribution in [3.05, 3.63) is 35.4 Å². The molecule has 1 atom stereocenters. The fourth-order valence-corrected chi connectivity index (χ4v) is 2.60. The number of nitrogens with zero attached hydrogens (tertiary/aromatic N) is 2. The maximum atomic E-state index is 12.2. The Balaban J connectivity index is 2.02. The molecule has 1 aliphatic rings. The van der Waals surface area contributed by atoms with Crippen molar-refractivity contribution in [2.45, 2.75) is 25.9 Å². The second-order valence-electron chi connectivity index (χ2n) is 5.25. The van der Waals surface area contributed by atoms with Crippen molar-refractivity contribution in [2.75, 3.05) is 20.1 Å². The number of carboxylic acid groups (broad SMARTS) is 1. The minimum absolute atomic E-state index is 0.146. The number of rotatable bonds is 4. The van der Waals surface area contributed by atoms with Crippen LogP contribution in [0, 0.1) is 0 Å². The van der Waals surface area contributed by atoms with Crippen LogP contribution in [-0.2, 0) is 22.6 Å². The Labute approximate surface area is 118 Å². The van der Waals surface area contributed by atoms with Crippen LogP contribution in [0.5, 0.6) is 0 Å². The number of carbonyl (C=O) groups is 2. The number of aliphatic carboxylic acids is 1. The van der Waals surface area contributed by atoms with Crippen molar-refractivity contribution in [3.63, 3.8) is 0 Å². The molecule has 20 heavy (non-hydrogen) atoms. The van der Waals surface area contributed by atoms with E-state index in [1.807, 2.05) is 19.1 Å². The number of likely N-dealkylation sites (N-methyl/N-ethyl adjacent to an activating group) is 1. The van der Waals surface area contributed by atoms with Crippen molar-refractivity contribution in [3.8, 4) is 0 Å². The van der Waals surface area contributed by atoms with Crippen LogP contribution in [0.3, 0.4) is 0 Å². The quantitative estimate of drug-likeness (QED) is 0.890. The SMILES string of the molecule is CC(C(=O)N(C)CC(=O)O)N1CCc2ccccc2C1. The molecule has 5 heteroatoms. The second kappa shape index (κ2) is 6.05. The third-order valence-corrected chi connectivity index (χ3v) is 3.81. The van der Waals surface area contributed by atoms with E-state index in [0.29, 0.717) is 0 Å². The summed E-state index contributed by atoms with van der Waals surface area (Å²) in [6.07, 6.45) is 0.927. The number of fused-ring (bicyclic) bond motifs is 1. The van der Waals surface area contributed by atoms with E-state index >= 15 is 0 Å². The van der Waals surface area contributed by atoms with E-state index < -0.39 is 5.97 Å². The van der Waals surface area contributed by atoms with Crippen molar-refractivity contribution in [1.29, 1.82) is 0 Å². The molecular formula is C15H20N2O3. The van der Waals surface area contributed by atoms with Gasteiger partial charge in [0.15, 0.2) is 0 Å². The molecule has 1 heterocycles. The van der Waals surface area contributed by atoms with Crippen molar-refractivity contribution >= 4 is 11.9 Å². The zero-order chi connectivity index (χ0) is 14.7.